The predicted molar refractivity (Wildman–Crippen MR) is 101 cm³/mol. The third-order valence-electron chi connectivity index (χ3n) is 4.06. The highest BCUT2D eigenvalue weighted by atomic mass is 16.2. The lowest BCUT2D eigenvalue weighted by molar-refractivity contribution is 0.0773. The van der Waals surface area contributed by atoms with Gasteiger partial charge in [-0.2, -0.15) is 5.10 Å². The summed E-state index contributed by atoms with van der Waals surface area (Å²) in [6.07, 6.45) is 1.91. The summed E-state index contributed by atoms with van der Waals surface area (Å²) in [4.78, 5) is 14.1. The molecule has 1 N–H and O–H groups in total. The Hall–Kier alpha value is -3.08. The predicted octanol–water partition coefficient (Wildman–Crippen LogP) is 4.10. The zero-order valence-corrected chi connectivity index (χ0v) is 14.5. The van der Waals surface area contributed by atoms with Gasteiger partial charge >= 0.3 is 0 Å². The van der Waals surface area contributed by atoms with Gasteiger partial charge in [-0.1, -0.05) is 18.2 Å². The van der Waals surface area contributed by atoms with Crippen molar-refractivity contribution in [3.63, 3.8) is 0 Å². The van der Waals surface area contributed by atoms with Crippen molar-refractivity contribution in [2.75, 3.05) is 18.4 Å². The lowest BCUT2D eigenvalue weighted by Crippen LogP contribution is -2.30. The third-order valence-corrected chi connectivity index (χ3v) is 4.06. The first kappa shape index (κ1) is 16.8. The maximum Gasteiger partial charge on any atom is 0.253 e. The Morgan fingerprint density at radius 2 is 1.68 bits per heavy atom. The number of carbonyl (C=O) groups excluding carboxylic acids is 1. The largest absolute Gasteiger partial charge is 0.339 e. The zero-order chi connectivity index (χ0) is 17.6. The Balaban J connectivity index is 1.70. The van der Waals surface area contributed by atoms with Gasteiger partial charge < -0.3 is 10.2 Å². The van der Waals surface area contributed by atoms with E-state index in [1.54, 1.807) is 0 Å². The molecule has 5 nitrogen and oxygen atoms in total. The molecule has 25 heavy (non-hydrogen) atoms. The van der Waals surface area contributed by atoms with Gasteiger partial charge in [-0.3, -0.25) is 4.79 Å². The molecule has 0 saturated carbocycles. The van der Waals surface area contributed by atoms with Crippen molar-refractivity contribution in [3.8, 4) is 5.69 Å². The number of nitrogens with one attached hydrogen (secondary N) is 1. The van der Waals surface area contributed by atoms with Gasteiger partial charge in [0.1, 0.15) is 0 Å². The molecule has 0 radical (unpaired) electrons. The fourth-order valence-corrected chi connectivity index (χ4v) is 2.65. The van der Waals surface area contributed by atoms with Crippen LogP contribution >= 0.6 is 0 Å². The molecule has 128 valence electrons. The van der Waals surface area contributed by atoms with Crippen molar-refractivity contribution in [1.29, 1.82) is 0 Å². The van der Waals surface area contributed by atoms with Crippen LogP contribution in [0.2, 0.25) is 0 Å². The number of benzene rings is 2. The Morgan fingerprint density at radius 1 is 1.00 bits per heavy atom. The number of anilines is 2. The van der Waals surface area contributed by atoms with Crippen molar-refractivity contribution < 1.29 is 4.79 Å². The van der Waals surface area contributed by atoms with Crippen molar-refractivity contribution in [1.82, 2.24) is 14.7 Å². The Bertz CT molecular complexity index is 820. The Labute approximate surface area is 147 Å². The summed E-state index contributed by atoms with van der Waals surface area (Å²) in [6.45, 7) is 5.40. The molecule has 0 aliphatic heterocycles. The lowest BCUT2D eigenvalue weighted by Gasteiger charge is -2.18. The second-order valence-electron chi connectivity index (χ2n) is 5.66. The molecule has 0 fully saturated rings. The quantitative estimate of drug-likeness (QED) is 0.738. The molecule has 2 aromatic carbocycles. The number of carbonyl (C=O) groups is 1. The van der Waals surface area contributed by atoms with Crippen molar-refractivity contribution in [3.05, 3.63) is 72.4 Å². The summed E-state index contributed by atoms with van der Waals surface area (Å²) >= 11 is 0. The SMILES string of the molecule is CCN(CC)C(=O)c1ccc(Nc2ccn(-c3ccccc3)n2)cc1. The van der Waals surface area contributed by atoms with Gasteiger partial charge in [0.25, 0.3) is 5.91 Å². The maximum atomic E-state index is 12.3. The summed E-state index contributed by atoms with van der Waals surface area (Å²) in [5.74, 6) is 0.816. The van der Waals surface area contributed by atoms with Crippen LogP contribution in [-0.4, -0.2) is 33.7 Å². The van der Waals surface area contributed by atoms with E-state index in [9.17, 15) is 4.79 Å². The van der Waals surface area contributed by atoms with Gasteiger partial charge in [-0.25, -0.2) is 4.68 Å². The molecule has 0 saturated heterocycles. The number of rotatable bonds is 6. The highest BCUT2D eigenvalue weighted by molar-refractivity contribution is 5.94. The summed E-state index contributed by atoms with van der Waals surface area (Å²) in [7, 11) is 0. The van der Waals surface area contributed by atoms with Crippen molar-refractivity contribution >= 4 is 17.4 Å². The molecule has 0 atom stereocenters. The first-order valence-electron chi connectivity index (χ1n) is 8.48. The number of hydrogen-bond donors (Lipinski definition) is 1. The Morgan fingerprint density at radius 3 is 2.32 bits per heavy atom. The number of nitrogens with zero attached hydrogens (tertiary/aromatic N) is 3. The van der Waals surface area contributed by atoms with Crippen LogP contribution in [0.5, 0.6) is 0 Å². The normalized spacial score (nSPS) is 10.5. The molecule has 3 rings (SSSR count). The third kappa shape index (κ3) is 3.88. The van der Waals surface area contributed by atoms with E-state index in [1.165, 1.54) is 0 Å². The summed E-state index contributed by atoms with van der Waals surface area (Å²) in [5.41, 5.74) is 2.61. The molecule has 0 aliphatic carbocycles. The minimum atomic E-state index is 0.0601. The Kier molecular flexibility index (Phi) is 5.14. The molecule has 5 heteroatoms. The van der Waals surface area contributed by atoms with Crippen LogP contribution in [0.4, 0.5) is 11.5 Å². The average Bonchev–Trinajstić information content (AvgIpc) is 3.12. The topological polar surface area (TPSA) is 50.2 Å². The van der Waals surface area contributed by atoms with Gasteiger partial charge in [0.2, 0.25) is 0 Å². The number of hydrogen-bond acceptors (Lipinski definition) is 3. The van der Waals surface area contributed by atoms with Crippen LogP contribution in [0.25, 0.3) is 5.69 Å². The number of amides is 1. The van der Waals surface area contributed by atoms with E-state index in [4.69, 9.17) is 0 Å². The van der Waals surface area contributed by atoms with E-state index >= 15 is 0 Å². The van der Waals surface area contributed by atoms with E-state index < -0.39 is 0 Å². The van der Waals surface area contributed by atoms with Crippen LogP contribution in [-0.2, 0) is 0 Å². The van der Waals surface area contributed by atoms with Crippen LogP contribution in [0.15, 0.2) is 66.9 Å². The molecule has 1 heterocycles. The van der Waals surface area contributed by atoms with Crippen LogP contribution in [0.3, 0.4) is 0 Å². The number of aromatic nitrogens is 2. The zero-order valence-electron chi connectivity index (χ0n) is 14.5. The first-order chi connectivity index (χ1) is 12.2. The second kappa shape index (κ2) is 7.66. The average molecular weight is 334 g/mol. The standard InChI is InChI=1S/C20H22N4O/c1-3-23(4-2)20(25)16-10-12-17(13-11-16)21-19-14-15-24(22-19)18-8-6-5-7-9-18/h5-15H,3-4H2,1-2H3,(H,21,22). The van der Waals surface area contributed by atoms with E-state index in [2.05, 4.69) is 10.4 Å². The van der Waals surface area contributed by atoms with Gasteiger partial charge in [0.15, 0.2) is 5.82 Å². The molecule has 1 amide bonds. The summed E-state index contributed by atoms with van der Waals surface area (Å²) < 4.78 is 1.82. The molecule has 0 unspecified atom stereocenters. The van der Waals surface area contributed by atoms with Crippen LogP contribution in [0.1, 0.15) is 24.2 Å². The minimum Gasteiger partial charge on any atom is -0.339 e. The first-order valence-corrected chi connectivity index (χ1v) is 8.48. The molecule has 0 aliphatic rings. The lowest BCUT2D eigenvalue weighted by atomic mass is 10.2. The molecule has 3 aromatic rings. The minimum absolute atomic E-state index is 0.0601. The van der Waals surface area contributed by atoms with Gasteiger partial charge in [-0.15, -0.1) is 0 Å². The number of para-hydroxylation sites is 1. The molecular weight excluding hydrogens is 312 g/mol. The van der Waals surface area contributed by atoms with E-state index in [0.29, 0.717) is 18.7 Å². The van der Waals surface area contributed by atoms with Crippen molar-refractivity contribution in [2.24, 2.45) is 0 Å². The van der Waals surface area contributed by atoms with Crippen LogP contribution < -0.4 is 5.32 Å². The second-order valence-corrected chi connectivity index (χ2v) is 5.66. The summed E-state index contributed by atoms with van der Waals surface area (Å²) in [6, 6.07) is 19.4. The molecule has 0 bridgehead atoms. The van der Waals surface area contributed by atoms with Gasteiger partial charge in [0, 0.05) is 36.6 Å². The highest BCUT2D eigenvalue weighted by Gasteiger charge is 2.12. The molecule has 1 aromatic heterocycles. The van der Waals surface area contributed by atoms with Gasteiger partial charge in [-0.05, 0) is 50.2 Å². The highest BCUT2D eigenvalue weighted by Crippen LogP contribution is 2.17. The van der Waals surface area contributed by atoms with E-state index in [0.717, 1.165) is 17.2 Å². The van der Waals surface area contributed by atoms with E-state index in [-0.39, 0.29) is 5.91 Å². The smallest absolute Gasteiger partial charge is 0.253 e. The van der Waals surface area contributed by atoms with Gasteiger partial charge in [0.05, 0.1) is 5.69 Å². The van der Waals surface area contributed by atoms with E-state index in [1.807, 2.05) is 90.3 Å². The maximum absolute atomic E-state index is 12.3. The fraction of sp³-hybridized carbons (Fsp3) is 0.200. The molecule has 0 spiro atoms. The van der Waals surface area contributed by atoms with Crippen molar-refractivity contribution in [2.45, 2.75) is 13.8 Å². The fourth-order valence-electron chi connectivity index (χ4n) is 2.65. The molecular formula is C20H22N4O. The summed E-state index contributed by atoms with van der Waals surface area (Å²) in [5, 5.41) is 7.78. The monoisotopic (exact) mass is 334 g/mol. The van der Waals surface area contributed by atoms with Crippen LogP contribution in [0, 0.1) is 0 Å².